The molecule has 0 atom stereocenters. The number of thiophene rings is 1. The highest BCUT2D eigenvalue weighted by atomic mass is 32.2. The van der Waals surface area contributed by atoms with E-state index in [9.17, 15) is 22.8 Å². The lowest BCUT2D eigenvalue weighted by Gasteiger charge is -2.15. The third kappa shape index (κ3) is 4.13. The molecule has 0 unspecified atom stereocenters. The van der Waals surface area contributed by atoms with Gasteiger partial charge in [-0.25, -0.2) is 4.98 Å². The van der Waals surface area contributed by atoms with E-state index in [0.29, 0.717) is 15.9 Å². The number of rotatable bonds is 5. The maximum absolute atomic E-state index is 13.7. The molecule has 0 fully saturated rings. The van der Waals surface area contributed by atoms with Crippen molar-refractivity contribution in [2.45, 2.75) is 37.0 Å². The Morgan fingerprint density at radius 3 is 2.76 bits per heavy atom. The van der Waals surface area contributed by atoms with Gasteiger partial charge in [-0.3, -0.25) is 14.2 Å². The van der Waals surface area contributed by atoms with Gasteiger partial charge >= 0.3 is 6.18 Å². The fourth-order valence-electron chi connectivity index (χ4n) is 4.04. The first-order valence-electron chi connectivity index (χ1n) is 10.4. The molecule has 1 aliphatic carbocycles. The number of aryl methyl sites for hydroxylation is 2. The molecular formula is C23H18F3N3O2S2. The van der Waals surface area contributed by atoms with Gasteiger partial charge in [0.15, 0.2) is 10.9 Å². The van der Waals surface area contributed by atoms with Crippen molar-refractivity contribution in [2.24, 2.45) is 0 Å². The highest BCUT2D eigenvalue weighted by molar-refractivity contribution is 7.99. The molecule has 3 heterocycles. The zero-order chi connectivity index (χ0) is 23.2. The van der Waals surface area contributed by atoms with Crippen LogP contribution in [0.3, 0.4) is 0 Å². The van der Waals surface area contributed by atoms with E-state index in [1.165, 1.54) is 28.0 Å². The van der Waals surface area contributed by atoms with Crippen molar-refractivity contribution in [1.82, 2.24) is 14.5 Å². The van der Waals surface area contributed by atoms with Crippen LogP contribution in [0.2, 0.25) is 0 Å². The number of aromatic nitrogens is 3. The molecular weight excluding hydrogens is 471 g/mol. The molecule has 33 heavy (non-hydrogen) atoms. The summed E-state index contributed by atoms with van der Waals surface area (Å²) >= 11 is 2.51. The molecule has 3 aromatic heterocycles. The monoisotopic (exact) mass is 489 g/mol. The number of aromatic amines is 1. The Hall–Kier alpha value is -2.85. The summed E-state index contributed by atoms with van der Waals surface area (Å²) in [6, 6.07) is 8.00. The van der Waals surface area contributed by atoms with Crippen LogP contribution >= 0.6 is 23.1 Å². The summed E-state index contributed by atoms with van der Waals surface area (Å²) in [6.45, 7) is 0. The Labute approximate surface area is 194 Å². The number of Topliss-reactive ketones (excluding diaryl/α,β-unsaturated/α-hetero) is 1. The normalized spacial score (nSPS) is 13.9. The predicted octanol–water partition coefficient (Wildman–Crippen LogP) is 5.65. The molecule has 5 nitrogen and oxygen atoms in total. The van der Waals surface area contributed by atoms with Gasteiger partial charge in [0.2, 0.25) is 0 Å². The first-order chi connectivity index (χ1) is 15.8. The molecule has 0 saturated heterocycles. The predicted molar refractivity (Wildman–Crippen MR) is 123 cm³/mol. The molecule has 0 aliphatic heterocycles. The number of fused-ring (bicyclic) bond motifs is 3. The summed E-state index contributed by atoms with van der Waals surface area (Å²) < 4.78 is 41.3. The van der Waals surface area contributed by atoms with Gasteiger partial charge in [0, 0.05) is 11.1 Å². The van der Waals surface area contributed by atoms with Gasteiger partial charge in [-0.2, -0.15) is 13.2 Å². The zero-order valence-electron chi connectivity index (χ0n) is 17.2. The van der Waals surface area contributed by atoms with Gasteiger partial charge in [0.1, 0.15) is 4.83 Å². The molecule has 0 bridgehead atoms. The number of H-pyrrole nitrogens is 1. The third-order valence-electron chi connectivity index (χ3n) is 5.62. The number of benzene rings is 1. The molecule has 0 spiro atoms. The molecule has 5 rings (SSSR count). The average Bonchev–Trinajstić information content (AvgIpc) is 3.45. The molecule has 170 valence electrons. The lowest BCUT2D eigenvalue weighted by Crippen LogP contribution is -2.23. The largest absolute Gasteiger partial charge is 0.416 e. The van der Waals surface area contributed by atoms with E-state index < -0.39 is 17.3 Å². The molecule has 0 saturated carbocycles. The SMILES string of the molecule is O=C(CSc1nc2sc3c(c2c(=O)n1-c1cccc(C(F)(F)F)c1)CCCC3)c1ccc[nH]1. The number of ketones is 1. The highest BCUT2D eigenvalue weighted by Gasteiger charge is 2.31. The van der Waals surface area contributed by atoms with Gasteiger partial charge < -0.3 is 4.98 Å². The van der Waals surface area contributed by atoms with Crippen LogP contribution in [0.1, 0.15) is 39.3 Å². The van der Waals surface area contributed by atoms with Crippen molar-refractivity contribution in [3.8, 4) is 5.69 Å². The molecule has 1 N–H and O–H groups in total. The average molecular weight is 490 g/mol. The Kier molecular flexibility index (Phi) is 5.65. The molecule has 1 aliphatic rings. The van der Waals surface area contributed by atoms with Crippen molar-refractivity contribution < 1.29 is 18.0 Å². The number of hydrogen-bond acceptors (Lipinski definition) is 5. The number of hydrogen-bond donors (Lipinski definition) is 1. The quantitative estimate of drug-likeness (QED) is 0.224. The van der Waals surface area contributed by atoms with E-state index in [4.69, 9.17) is 0 Å². The minimum absolute atomic E-state index is 0.0114. The van der Waals surface area contributed by atoms with Crippen LogP contribution in [0.5, 0.6) is 0 Å². The van der Waals surface area contributed by atoms with Crippen molar-refractivity contribution >= 4 is 39.1 Å². The molecule has 4 aromatic rings. The van der Waals surface area contributed by atoms with Crippen molar-refractivity contribution in [3.63, 3.8) is 0 Å². The Balaban J connectivity index is 1.66. The molecule has 0 radical (unpaired) electrons. The van der Waals surface area contributed by atoms with Crippen molar-refractivity contribution in [2.75, 3.05) is 5.75 Å². The second kappa shape index (κ2) is 8.49. The first-order valence-corrected chi connectivity index (χ1v) is 12.2. The summed E-state index contributed by atoms with van der Waals surface area (Å²) in [6.07, 6.45) is 0.711. The zero-order valence-corrected chi connectivity index (χ0v) is 18.9. The van der Waals surface area contributed by atoms with Crippen LogP contribution in [-0.2, 0) is 19.0 Å². The topological polar surface area (TPSA) is 67.8 Å². The number of carbonyl (C=O) groups is 1. The van der Waals surface area contributed by atoms with E-state index in [0.717, 1.165) is 60.0 Å². The lowest BCUT2D eigenvalue weighted by molar-refractivity contribution is -0.137. The number of nitrogens with one attached hydrogen (secondary N) is 1. The van der Waals surface area contributed by atoms with Crippen molar-refractivity contribution in [1.29, 1.82) is 0 Å². The van der Waals surface area contributed by atoms with E-state index in [2.05, 4.69) is 9.97 Å². The summed E-state index contributed by atoms with van der Waals surface area (Å²) in [5.74, 6) is -0.205. The molecule has 1 aromatic carbocycles. The fraction of sp³-hybridized carbons (Fsp3) is 0.261. The van der Waals surface area contributed by atoms with Crippen LogP contribution in [0.4, 0.5) is 13.2 Å². The number of alkyl halides is 3. The second-order valence-electron chi connectivity index (χ2n) is 7.77. The number of carbonyl (C=O) groups excluding carboxylic acids is 1. The molecule has 0 amide bonds. The lowest BCUT2D eigenvalue weighted by atomic mass is 9.97. The smallest absolute Gasteiger partial charge is 0.359 e. The number of nitrogens with zero attached hydrogens (tertiary/aromatic N) is 2. The number of halogens is 3. The van der Waals surface area contributed by atoms with Crippen LogP contribution in [0.15, 0.2) is 52.5 Å². The van der Waals surface area contributed by atoms with Crippen LogP contribution in [-0.4, -0.2) is 26.1 Å². The minimum atomic E-state index is -4.55. The van der Waals surface area contributed by atoms with Gasteiger partial charge in [0.25, 0.3) is 5.56 Å². The maximum Gasteiger partial charge on any atom is 0.416 e. The van der Waals surface area contributed by atoms with Crippen LogP contribution in [0, 0.1) is 0 Å². The van der Waals surface area contributed by atoms with Gasteiger partial charge in [0.05, 0.1) is 28.1 Å². The Bertz CT molecular complexity index is 1410. The maximum atomic E-state index is 13.7. The second-order valence-corrected chi connectivity index (χ2v) is 9.80. The minimum Gasteiger partial charge on any atom is -0.359 e. The number of thioether (sulfide) groups is 1. The summed E-state index contributed by atoms with van der Waals surface area (Å²) in [5, 5.41) is 0.678. The standard InChI is InChI=1S/C23H18F3N3O2S2/c24-23(25,26)13-5-3-6-14(11-13)29-21(31)19-15-7-1-2-9-18(15)33-20(19)28-22(29)32-12-17(30)16-8-4-10-27-16/h3-6,8,10-11,27H,1-2,7,9,12H2. The Morgan fingerprint density at radius 2 is 2.00 bits per heavy atom. The van der Waals surface area contributed by atoms with Crippen molar-refractivity contribution in [3.05, 3.63) is 74.6 Å². The first kappa shape index (κ1) is 22.0. The fourth-order valence-corrected chi connectivity index (χ4v) is 6.24. The highest BCUT2D eigenvalue weighted by Crippen LogP contribution is 2.36. The van der Waals surface area contributed by atoms with Gasteiger partial charge in [-0.05, 0) is 61.6 Å². The van der Waals surface area contributed by atoms with E-state index >= 15 is 0 Å². The van der Waals surface area contributed by atoms with Gasteiger partial charge in [-0.1, -0.05) is 17.8 Å². The molecule has 10 heteroatoms. The van der Waals surface area contributed by atoms with Crippen LogP contribution in [0.25, 0.3) is 15.9 Å². The van der Waals surface area contributed by atoms with Crippen LogP contribution < -0.4 is 5.56 Å². The third-order valence-corrected chi connectivity index (χ3v) is 7.74. The van der Waals surface area contributed by atoms with E-state index in [1.807, 2.05) is 0 Å². The summed E-state index contributed by atoms with van der Waals surface area (Å²) in [4.78, 5) is 35.4. The van der Waals surface area contributed by atoms with E-state index in [1.54, 1.807) is 18.3 Å². The summed E-state index contributed by atoms with van der Waals surface area (Å²) in [7, 11) is 0. The van der Waals surface area contributed by atoms with E-state index in [-0.39, 0.29) is 22.4 Å². The van der Waals surface area contributed by atoms with Gasteiger partial charge in [-0.15, -0.1) is 11.3 Å². The summed E-state index contributed by atoms with van der Waals surface area (Å²) in [5.41, 5.74) is 0.211. The Morgan fingerprint density at radius 1 is 1.18 bits per heavy atom.